The molecule has 2 aliphatic rings. The van der Waals surface area contributed by atoms with Crippen molar-refractivity contribution in [3.05, 3.63) is 54.7 Å². The van der Waals surface area contributed by atoms with E-state index >= 15 is 0 Å². The Labute approximate surface area is 235 Å². The second kappa shape index (κ2) is 11.0. The molecule has 12 nitrogen and oxygen atoms in total. The molecule has 0 amide bonds. The summed E-state index contributed by atoms with van der Waals surface area (Å²) in [5.41, 5.74) is 9.09. The molecule has 13 heteroatoms. The second-order valence-corrected chi connectivity index (χ2v) is 10.4. The summed E-state index contributed by atoms with van der Waals surface area (Å²) in [4.78, 5) is 9.03. The first-order chi connectivity index (χ1) is 20.1. The summed E-state index contributed by atoms with van der Waals surface area (Å²) in [5.74, 6) is 1.22. The molecule has 2 saturated heterocycles. The Morgan fingerprint density at radius 3 is 2.80 bits per heavy atom. The summed E-state index contributed by atoms with van der Waals surface area (Å²) in [6.07, 6.45) is 3.42. The van der Waals surface area contributed by atoms with E-state index in [1.165, 1.54) is 6.07 Å². The van der Waals surface area contributed by atoms with Crippen LogP contribution in [0, 0.1) is 5.82 Å². The van der Waals surface area contributed by atoms with E-state index in [0.717, 1.165) is 55.8 Å². The van der Waals surface area contributed by atoms with Gasteiger partial charge in [0, 0.05) is 45.3 Å². The van der Waals surface area contributed by atoms with Crippen molar-refractivity contribution in [2.75, 3.05) is 69.7 Å². The fraction of sp³-hybridized carbons (Fsp3) is 0.393. The highest BCUT2D eigenvalue weighted by molar-refractivity contribution is 5.93. The fourth-order valence-corrected chi connectivity index (χ4v) is 5.50. The van der Waals surface area contributed by atoms with Crippen molar-refractivity contribution in [3.63, 3.8) is 0 Å². The van der Waals surface area contributed by atoms with E-state index in [1.807, 2.05) is 35.0 Å². The molecular weight excluding hydrogens is 529 g/mol. The molecule has 1 unspecified atom stereocenters. The third kappa shape index (κ3) is 5.19. The Kier molecular flexibility index (Phi) is 6.90. The van der Waals surface area contributed by atoms with Crippen LogP contribution in [0.15, 0.2) is 53.3 Å². The second-order valence-electron chi connectivity index (χ2n) is 10.4. The summed E-state index contributed by atoms with van der Waals surface area (Å²) in [7, 11) is 0. The van der Waals surface area contributed by atoms with Crippen LogP contribution in [-0.4, -0.2) is 94.4 Å². The van der Waals surface area contributed by atoms with Crippen LogP contribution >= 0.6 is 0 Å². The first-order valence-corrected chi connectivity index (χ1v) is 13.9. The van der Waals surface area contributed by atoms with Crippen molar-refractivity contribution in [2.24, 2.45) is 0 Å². The molecule has 0 saturated carbocycles. The minimum Gasteiger partial charge on any atom is -0.492 e. The van der Waals surface area contributed by atoms with Crippen molar-refractivity contribution in [1.29, 1.82) is 0 Å². The maximum atomic E-state index is 15.0. The van der Waals surface area contributed by atoms with Gasteiger partial charge in [-0.2, -0.15) is 19.7 Å². The molecule has 0 spiro atoms. The van der Waals surface area contributed by atoms with Crippen molar-refractivity contribution < 1.29 is 18.3 Å². The van der Waals surface area contributed by atoms with Crippen molar-refractivity contribution in [3.8, 4) is 17.2 Å². The van der Waals surface area contributed by atoms with Gasteiger partial charge in [-0.05, 0) is 30.3 Å². The van der Waals surface area contributed by atoms with Crippen LogP contribution in [0.3, 0.4) is 0 Å². The van der Waals surface area contributed by atoms with Crippen molar-refractivity contribution in [1.82, 2.24) is 34.6 Å². The Morgan fingerprint density at radius 1 is 1.12 bits per heavy atom. The SMILES string of the molecule is Nc1nc2c(cnn2CCN2CCN(c3ccc(OCC4COCCN4)cc3F)CC2)c2cc(-c3ccco3)nn12. The molecule has 2 fully saturated rings. The Hall–Kier alpha value is -4.20. The number of nitrogens with one attached hydrogen (secondary N) is 1. The van der Waals surface area contributed by atoms with Crippen LogP contribution < -0.4 is 20.7 Å². The summed E-state index contributed by atoms with van der Waals surface area (Å²) < 4.78 is 35.2. The number of halogens is 1. The molecule has 214 valence electrons. The van der Waals surface area contributed by atoms with Crippen LogP contribution in [0.1, 0.15) is 0 Å². The number of hydrogen-bond acceptors (Lipinski definition) is 10. The van der Waals surface area contributed by atoms with Gasteiger partial charge in [-0.3, -0.25) is 4.90 Å². The number of ether oxygens (including phenoxy) is 2. The number of rotatable bonds is 8. The lowest BCUT2D eigenvalue weighted by atomic mass is 10.2. The number of hydrogen-bond donors (Lipinski definition) is 2. The number of anilines is 2. The van der Waals surface area contributed by atoms with E-state index in [9.17, 15) is 4.39 Å². The third-order valence-corrected chi connectivity index (χ3v) is 7.72. The molecule has 4 aromatic heterocycles. The number of morpholine rings is 1. The average molecular weight is 562 g/mol. The van der Waals surface area contributed by atoms with Gasteiger partial charge in [0.2, 0.25) is 5.95 Å². The quantitative estimate of drug-likeness (QED) is 0.292. The molecule has 2 aliphatic heterocycles. The van der Waals surface area contributed by atoms with Crippen LogP contribution in [0.25, 0.3) is 28.0 Å². The number of benzene rings is 1. The zero-order valence-corrected chi connectivity index (χ0v) is 22.6. The number of furan rings is 1. The highest BCUT2D eigenvalue weighted by atomic mass is 19.1. The predicted molar refractivity (Wildman–Crippen MR) is 152 cm³/mol. The van der Waals surface area contributed by atoms with E-state index in [-0.39, 0.29) is 11.9 Å². The summed E-state index contributed by atoms with van der Waals surface area (Å²) in [6, 6.07) is 10.9. The third-order valence-electron chi connectivity index (χ3n) is 7.72. The van der Waals surface area contributed by atoms with E-state index in [4.69, 9.17) is 19.6 Å². The maximum Gasteiger partial charge on any atom is 0.223 e. The number of nitrogens with zero attached hydrogens (tertiary/aromatic N) is 7. The smallest absolute Gasteiger partial charge is 0.223 e. The minimum absolute atomic E-state index is 0.125. The lowest BCUT2D eigenvalue weighted by Gasteiger charge is -2.36. The molecule has 41 heavy (non-hydrogen) atoms. The Balaban J connectivity index is 0.962. The van der Waals surface area contributed by atoms with Gasteiger partial charge in [0.25, 0.3) is 0 Å². The van der Waals surface area contributed by atoms with Gasteiger partial charge in [-0.25, -0.2) is 9.07 Å². The van der Waals surface area contributed by atoms with E-state index in [0.29, 0.717) is 55.2 Å². The first kappa shape index (κ1) is 25.7. The molecule has 6 heterocycles. The Bertz CT molecular complexity index is 1640. The molecule has 7 rings (SSSR count). The lowest BCUT2D eigenvalue weighted by molar-refractivity contribution is 0.0592. The normalized spacial score (nSPS) is 18.5. The highest BCUT2D eigenvalue weighted by Crippen LogP contribution is 2.27. The van der Waals surface area contributed by atoms with Gasteiger partial charge >= 0.3 is 0 Å². The van der Waals surface area contributed by atoms with Gasteiger partial charge in [-0.1, -0.05) is 0 Å². The van der Waals surface area contributed by atoms with Crippen LogP contribution in [-0.2, 0) is 11.3 Å². The first-order valence-electron chi connectivity index (χ1n) is 13.9. The van der Waals surface area contributed by atoms with Crippen LogP contribution in [0.5, 0.6) is 5.75 Å². The molecule has 1 atom stereocenters. The molecule has 0 aliphatic carbocycles. The standard InChI is InChI=1S/C28H32FN9O3/c29-22-14-20(41-18-19-17-39-13-5-31-19)3-4-24(22)36-9-6-35(7-10-36)8-11-37-27-21(16-32-37)25-15-23(26-2-1-12-40-26)34-38(25)28(30)33-27/h1-4,12,14-16,19,31H,5-11,13,17-18H2,(H2,30,33). The van der Waals surface area contributed by atoms with Crippen molar-refractivity contribution in [2.45, 2.75) is 12.6 Å². The van der Waals surface area contributed by atoms with Gasteiger partial charge in [0.1, 0.15) is 23.9 Å². The maximum absolute atomic E-state index is 15.0. The minimum atomic E-state index is -0.267. The zero-order chi connectivity index (χ0) is 27.8. The zero-order valence-electron chi connectivity index (χ0n) is 22.6. The molecule has 3 N–H and O–H groups in total. The Morgan fingerprint density at radius 2 is 2.02 bits per heavy atom. The number of nitrogen functional groups attached to an aromatic ring is 1. The van der Waals surface area contributed by atoms with Gasteiger partial charge in [-0.15, -0.1) is 0 Å². The number of fused-ring (bicyclic) bond motifs is 3. The van der Waals surface area contributed by atoms with Crippen molar-refractivity contribution >= 4 is 28.2 Å². The highest BCUT2D eigenvalue weighted by Gasteiger charge is 2.22. The molecule has 1 aromatic carbocycles. The fourth-order valence-electron chi connectivity index (χ4n) is 5.50. The molecular formula is C28H32FN9O3. The van der Waals surface area contributed by atoms with Gasteiger partial charge in [0.15, 0.2) is 11.4 Å². The lowest BCUT2D eigenvalue weighted by Crippen LogP contribution is -2.47. The summed E-state index contributed by atoms with van der Waals surface area (Å²) >= 11 is 0. The van der Waals surface area contributed by atoms with Gasteiger partial charge < -0.3 is 29.8 Å². The molecule has 5 aromatic rings. The molecule has 0 bridgehead atoms. The predicted octanol–water partition coefficient (Wildman–Crippen LogP) is 2.25. The largest absolute Gasteiger partial charge is 0.492 e. The topological polar surface area (TPSA) is 124 Å². The number of aromatic nitrogens is 5. The van der Waals surface area contributed by atoms with Gasteiger partial charge in [0.05, 0.1) is 54.9 Å². The average Bonchev–Trinajstić information content (AvgIpc) is 3.76. The van der Waals surface area contributed by atoms with E-state index < -0.39 is 0 Å². The summed E-state index contributed by atoms with van der Waals surface area (Å²) in [5, 5.41) is 13.4. The van der Waals surface area contributed by atoms with E-state index in [2.05, 4.69) is 30.3 Å². The monoisotopic (exact) mass is 561 g/mol. The van der Waals surface area contributed by atoms with Crippen LogP contribution in [0.4, 0.5) is 16.0 Å². The molecule has 0 radical (unpaired) electrons. The van der Waals surface area contributed by atoms with Crippen LogP contribution in [0.2, 0.25) is 0 Å². The number of nitrogens with two attached hydrogens (primary N) is 1. The summed E-state index contributed by atoms with van der Waals surface area (Å²) in [6.45, 7) is 7.13. The van der Waals surface area contributed by atoms with E-state index in [1.54, 1.807) is 17.0 Å². The number of piperazine rings is 1.